The third-order valence-corrected chi connectivity index (χ3v) is 2.95. The van der Waals surface area contributed by atoms with Crippen molar-refractivity contribution in [3.05, 3.63) is 33.7 Å². The van der Waals surface area contributed by atoms with E-state index in [1.54, 1.807) is 10.6 Å². The molecule has 0 bridgehead atoms. The van der Waals surface area contributed by atoms with Gasteiger partial charge >= 0.3 is 0 Å². The van der Waals surface area contributed by atoms with Crippen LogP contribution >= 0.6 is 0 Å². The van der Waals surface area contributed by atoms with Gasteiger partial charge in [0.25, 0.3) is 5.56 Å². The summed E-state index contributed by atoms with van der Waals surface area (Å²) in [4.78, 5) is 11.7. The fraction of sp³-hybridized carbons (Fsp3) is 0.500. The van der Waals surface area contributed by atoms with Crippen LogP contribution in [-0.2, 0) is 19.4 Å². The maximum atomic E-state index is 11.7. The number of fused-ring (bicyclic) bond motifs is 1. The van der Waals surface area contributed by atoms with Crippen LogP contribution in [0.1, 0.15) is 30.5 Å². The second kappa shape index (κ2) is 4.31. The van der Waals surface area contributed by atoms with E-state index in [0.29, 0.717) is 13.0 Å². The first-order valence-electron chi connectivity index (χ1n) is 5.41. The highest BCUT2D eigenvalue weighted by Crippen LogP contribution is 2.19. The topological polar surface area (TPSA) is 45.8 Å². The molecule has 0 N–H and O–H groups in total. The molecule has 1 heterocycles. The molecule has 0 atom stereocenters. The molecule has 1 aliphatic rings. The van der Waals surface area contributed by atoms with E-state index in [-0.39, 0.29) is 5.56 Å². The Morgan fingerprint density at radius 3 is 2.93 bits per heavy atom. The molecule has 0 spiro atoms. The van der Waals surface area contributed by atoms with E-state index in [1.165, 1.54) is 12.0 Å². The molecule has 1 aromatic rings. The van der Waals surface area contributed by atoms with Crippen molar-refractivity contribution in [3.8, 4) is 6.07 Å². The molecule has 0 unspecified atom stereocenters. The minimum atomic E-state index is 0.0332. The van der Waals surface area contributed by atoms with Crippen LogP contribution in [0.25, 0.3) is 0 Å². The fourth-order valence-electron chi connectivity index (χ4n) is 2.20. The van der Waals surface area contributed by atoms with Gasteiger partial charge in [-0.25, -0.2) is 0 Å². The zero-order valence-corrected chi connectivity index (χ0v) is 8.70. The molecule has 0 saturated carbocycles. The average molecular weight is 202 g/mol. The number of aromatic nitrogens is 1. The average Bonchev–Trinajstić information content (AvgIpc) is 2.28. The van der Waals surface area contributed by atoms with Crippen LogP contribution in [0.5, 0.6) is 0 Å². The smallest absolute Gasteiger partial charge is 0.250 e. The predicted molar refractivity (Wildman–Crippen MR) is 57.6 cm³/mol. The second-order valence-corrected chi connectivity index (χ2v) is 3.91. The van der Waals surface area contributed by atoms with Gasteiger partial charge in [-0.2, -0.15) is 5.26 Å². The third kappa shape index (κ3) is 1.94. The summed E-state index contributed by atoms with van der Waals surface area (Å²) in [5.74, 6) is 0. The number of hydrogen-bond acceptors (Lipinski definition) is 2. The van der Waals surface area contributed by atoms with Gasteiger partial charge in [0.15, 0.2) is 0 Å². The van der Waals surface area contributed by atoms with Gasteiger partial charge in [-0.15, -0.1) is 0 Å². The van der Waals surface area contributed by atoms with Crippen molar-refractivity contribution >= 4 is 0 Å². The molecular weight excluding hydrogens is 188 g/mol. The summed E-state index contributed by atoms with van der Waals surface area (Å²) in [6, 6.07) is 5.66. The third-order valence-electron chi connectivity index (χ3n) is 2.95. The standard InChI is InChI=1S/C12H14N2O/c13-8-3-9-14-11-5-2-1-4-10(11)6-7-12(14)15/h6-7H,1-5,9H2. The second-order valence-electron chi connectivity index (χ2n) is 3.91. The van der Waals surface area contributed by atoms with Crippen molar-refractivity contribution in [2.75, 3.05) is 0 Å². The lowest BCUT2D eigenvalue weighted by atomic mass is 9.96. The molecule has 0 radical (unpaired) electrons. The molecule has 0 amide bonds. The predicted octanol–water partition coefficient (Wildman–Crippen LogP) is 1.64. The maximum absolute atomic E-state index is 11.7. The van der Waals surface area contributed by atoms with Crippen LogP contribution in [0.15, 0.2) is 16.9 Å². The van der Waals surface area contributed by atoms with Gasteiger partial charge in [0, 0.05) is 18.3 Å². The summed E-state index contributed by atoms with van der Waals surface area (Å²) in [5, 5.41) is 8.56. The molecule has 0 aromatic carbocycles. The number of pyridine rings is 1. The number of nitrogens with zero attached hydrogens (tertiary/aromatic N) is 2. The van der Waals surface area contributed by atoms with Gasteiger partial charge in [0.1, 0.15) is 0 Å². The highest BCUT2D eigenvalue weighted by Gasteiger charge is 2.13. The Balaban J connectivity index is 2.42. The first-order chi connectivity index (χ1) is 7.33. The van der Waals surface area contributed by atoms with E-state index in [2.05, 4.69) is 6.07 Å². The van der Waals surface area contributed by atoms with E-state index in [4.69, 9.17) is 5.26 Å². The van der Waals surface area contributed by atoms with E-state index in [1.807, 2.05) is 6.07 Å². The van der Waals surface area contributed by atoms with Crippen molar-refractivity contribution in [3.63, 3.8) is 0 Å². The highest BCUT2D eigenvalue weighted by molar-refractivity contribution is 5.23. The molecular formula is C12H14N2O. The van der Waals surface area contributed by atoms with E-state index >= 15 is 0 Å². The molecule has 1 aromatic heterocycles. The van der Waals surface area contributed by atoms with Crippen molar-refractivity contribution in [1.82, 2.24) is 4.57 Å². The van der Waals surface area contributed by atoms with Gasteiger partial charge in [0.2, 0.25) is 0 Å². The van der Waals surface area contributed by atoms with Crippen LogP contribution < -0.4 is 5.56 Å². The summed E-state index contributed by atoms with van der Waals surface area (Å²) in [6.45, 7) is 0.540. The monoisotopic (exact) mass is 202 g/mol. The zero-order chi connectivity index (χ0) is 10.7. The minimum absolute atomic E-state index is 0.0332. The van der Waals surface area contributed by atoms with Crippen molar-refractivity contribution in [2.45, 2.75) is 38.6 Å². The number of nitriles is 1. The van der Waals surface area contributed by atoms with Crippen LogP contribution in [0.3, 0.4) is 0 Å². The summed E-state index contributed by atoms with van der Waals surface area (Å²) < 4.78 is 1.78. The maximum Gasteiger partial charge on any atom is 0.250 e. The lowest BCUT2D eigenvalue weighted by molar-refractivity contribution is 0.578. The Kier molecular flexibility index (Phi) is 2.86. The first-order valence-corrected chi connectivity index (χ1v) is 5.41. The van der Waals surface area contributed by atoms with Gasteiger partial charge in [-0.3, -0.25) is 4.79 Å². The number of hydrogen-bond donors (Lipinski definition) is 0. The van der Waals surface area contributed by atoms with Crippen molar-refractivity contribution in [1.29, 1.82) is 5.26 Å². The Morgan fingerprint density at radius 2 is 2.13 bits per heavy atom. The summed E-state index contributed by atoms with van der Waals surface area (Å²) >= 11 is 0. The Morgan fingerprint density at radius 1 is 1.33 bits per heavy atom. The quantitative estimate of drug-likeness (QED) is 0.731. The molecule has 0 saturated heterocycles. The first kappa shape index (κ1) is 9.97. The molecule has 3 heteroatoms. The molecule has 0 aliphatic heterocycles. The summed E-state index contributed by atoms with van der Waals surface area (Å²) in [5.41, 5.74) is 2.48. The fourth-order valence-corrected chi connectivity index (χ4v) is 2.20. The minimum Gasteiger partial charge on any atom is -0.311 e. The van der Waals surface area contributed by atoms with E-state index in [9.17, 15) is 4.79 Å². The summed E-state index contributed by atoms with van der Waals surface area (Å²) in [6.07, 6.45) is 4.84. The van der Waals surface area contributed by atoms with Crippen LogP contribution in [0.2, 0.25) is 0 Å². The summed E-state index contributed by atoms with van der Waals surface area (Å²) in [7, 11) is 0. The van der Waals surface area contributed by atoms with E-state index in [0.717, 1.165) is 25.0 Å². The lowest BCUT2D eigenvalue weighted by Crippen LogP contribution is -2.25. The lowest BCUT2D eigenvalue weighted by Gasteiger charge is -2.19. The van der Waals surface area contributed by atoms with Gasteiger partial charge in [-0.05, 0) is 31.2 Å². The Labute approximate surface area is 89.0 Å². The van der Waals surface area contributed by atoms with Crippen LogP contribution in [0, 0.1) is 11.3 Å². The van der Waals surface area contributed by atoms with Crippen LogP contribution in [0.4, 0.5) is 0 Å². The molecule has 0 fully saturated rings. The van der Waals surface area contributed by atoms with Gasteiger partial charge in [-0.1, -0.05) is 6.07 Å². The molecule has 1 aliphatic carbocycles. The Bertz CT molecular complexity index is 454. The molecule has 3 nitrogen and oxygen atoms in total. The van der Waals surface area contributed by atoms with Crippen molar-refractivity contribution < 1.29 is 0 Å². The molecule has 15 heavy (non-hydrogen) atoms. The Hall–Kier alpha value is -1.56. The number of aryl methyl sites for hydroxylation is 1. The van der Waals surface area contributed by atoms with Gasteiger partial charge < -0.3 is 4.57 Å². The van der Waals surface area contributed by atoms with Crippen molar-refractivity contribution in [2.24, 2.45) is 0 Å². The zero-order valence-electron chi connectivity index (χ0n) is 8.70. The molecule has 78 valence electrons. The van der Waals surface area contributed by atoms with Crippen LogP contribution in [-0.4, -0.2) is 4.57 Å². The highest BCUT2D eigenvalue weighted by atomic mass is 16.1. The molecule has 2 rings (SSSR count). The normalized spacial score (nSPS) is 14.3. The number of rotatable bonds is 2. The van der Waals surface area contributed by atoms with E-state index < -0.39 is 0 Å². The SMILES string of the molecule is N#CCCn1c2c(ccc1=O)CCCC2. The largest absolute Gasteiger partial charge is 0.311 e. The van der Waals surface area contributed by atoms with Gasteiger partial charge in [0.05, 0.1) is 12.5 Å².